The third-order valence-corrected chi connectivity index (χ3v) is 3.41. The lowest BCUT2D eigenvalue weighted by Crippen LogP contribution is -1.96. The van der Waals surface area contributed by atoms with E-state index in [4.69, 9.17) is 16.7 Å². The van der Waals surface area contributed by atoms with Crippen molar-refractivity contribution in [2.45, 2.75) is 19.1 Å². The Morgan fingerprint density at radius 2 is 2.27 bits per heavy atom. The van der Waals surface area contributed by atoms with Crippen LogP contribution >= 0.6 is 23.4 Å². The van der Waals surface area contributed by atoms with Gasteiger partial charge in [0.05, 0.1) is 6.42 Å². The van der Waals surface area contributed by atoms with Crippen LogP contribution in [0.2, 0.25) is 5.02 Å². The zero-order valence-electron chi connectivity index (χ0n) is 8.50. The summed E-state index contributed by atoms with van der Waals surface area (Å²) in [5, 5.41) is 9.23. The first kappa shape index (κ1) is 12.4. The van der Waals surface area contributed by atoms with Gasteiger partial charge in [0.2, 0.25) is 0 Å². The molecule has 0 radical (unpaired) electrons. The number of aliphatic carboxylic acids is 1. The van der Waals surface area contributed by atoms with Gasteiger partial charge in [-0.15, -0.1) is 0 Å². The molecular weight excluding hydrogens is 232 g/mol. The standard InChI is InChI=1S/C11H13ClO2S/c1-8-6-9(2-3-10(8)12)7-15-5-4-11(13)14/h2-3,6H,4-5,7H2,1H3,(H,13,14). The van der Waals surface area contributed by atoms with E-state index in [0.29, 0.717) is 5.75 Å². The molecule has 0 bridgehead atoms. The minimum atomic E-state index is -0.741. The molecule has 0 aliphatic rings. The number of carbonyl (C=O) groups is 1. The molecule has 0 aromatic heterocycles. The number of hydrogen-bond acceptors (Lipinski definition) is 2. The molecule has 0 fully saturated rings. The van der Waals surface area contributed by atoms with E-state index in [9.17, 15) is 4.79 Å². The fraction of sp³-hybridized carbons (Fsp3) is 0.364. The highest BCUT2D eigenvalue weighted by atomic mass is 35.5. The highest BCUT2D eigenvalue weighted by Crippen LogP contribution is 2.19. The Labute approximate surface area is 98.6 Å². The number of carboxylic acid groups (broad SMARTS) is 1. The van der Waals surface area contributed by atoms with E-state index in [2.05, 4.69) is 0 Å². The smallest absolute Gasteiger partial charge is 0.304 e. The minimum Gasteiger partial charge on any atom is -0.481 e. The van der Waals surface area contributed by atoms with Gasteiger partial charge >= 0.3 is 5.97 Å². The van der Waals surface area contributed by atoms with E-state index in [-0.39, 0.29) is 6.42 Å². The molecular formula is C11H13ClO2S. The van der Waals surface area contributed by atoms with Gasteiger partial charge in [-0.2, -0.15) is 11.8 Å². The maximum atomic E-state index is 10.3. The van der Waals surface area contributed by atoms with Crippen LogP contribution in [-0.2, 0) is 10.5 Å². The second-order valence-corrected chi connectivity index (χ2v) is 4.79. The molecule has 0 aliphatic heterocycles. The van der Waals surface area contributed by atoms with Crippen molar-refractivity contribution in [3.8, 4) is 0 Å². The van der Waals surface area contributed by atoms with Crippen molar-refractivity contribution in [1.82, 2.24) is 0 Å². The summed E-state index contributed by atoms with van der Waals surface area (Å²) < 4.78 is 0. The molecule has 1 rings (SSSR count). The lowest BCUT2D eigenvalue weighted by Gasteiger charge is -2.03. The van der Waals surface area contributed by atoms with Crippen LogP contribution in [0.5, 0.6) is 0 Å². The lowest BCUT2D eigenvalue weighted by molar-refractivity contribution is -0.136. The summed E-state index contributed by atoms with van der Waals surface area (Å²) >= 11 is 7.52. The molecule has 0 aliphatic carbocycles. The van der Waals surface area contributed by atoms with Crippen LogP contribution in [-0.4, -0.2) is 16.8 Å². The maximum absolute atomic E-state index is 10.3. The van der Waals surface area contributed by atoms with Crippen molar-refractivity contribution in [2.24, 2.45) is 0 Å². The number of thioether (sulfide) groups is 1. The van der Waals surface area contributed by atoms with Crippen LogP contribution < -0.4 is 0 Å². The number of hydrogen-bond donors (Lipinski definition) is 1. The van der Waals surface area contributed by atoms with Crippen LogP contribution in [0.4, 0.5) is 0 Å². The lowest BCUT2D eigenvalue weighted by atomic mass is 10.2. The van der Waals surface area contributed by atoms with Gasteiger partial charge in [0, 0.05) is 16.5 Å². The third-order valence-electron chi connectivity index (χ3n) is 1.95. The van der Waals surface area contributed by atoms with Gasteiger partial charge in [-0.25, -0.2) is 0 Å². The minimum absolute atomic E-state index is 0.219. The van der Waals surface area contributed by atoms with Gasteiger partial charge < -0.3 is 5.11 Å². The van der Waals surface area contributed by atoms with Crippen molar-refractivity contribution in [2.75, 3.05) is 5.75 Å². The monoisotopic (exact) mass is 244 g/mol. The van der Waals surface area contributed by atoms with Gasteiger partial charge in [-0.05, 0) is 24.1 Å². The average Bonchev–Trinajstić information content (AvgIpc) is 2.18. The van der Waals surface area contributed by atoms with Gasteiger partial charge in [-0.3, -0.25) is 4.79 Å². The highest BCUT2D eigenvalue weighted by molar-refractivity contribution is 7.98. The van der Waals surface area contributed by atoms with Gasteiger partial charge in [0.15, 0.2) is 0 Å². The predicted octanol–water partition coefficient (Wildman–Crippen LogP) is 3.36. The first-order chi connectivity index (χ1) is 7.09. The second-order valence-electron chi connectivity index (χ2n) is 3.28. The Bertz CT molecular complexity index is 352. The summed E-state index contributed by atoms with van der Waals surface area (Å²) in [5.41, 5.74) is 2.25. The molecule has 82 valence electrons. The number of carboxylic acids is 1. The Hall–Kier alpha value is -0.670. The van der Waals surface area contributed by atoms with Crippen LogP contribution in [0.15, 0.2) is 18.2 Å². The molecule has 15 heavy (non-hydrogen) atoms. The quantitative estimate of drug-likeness (QED) is 0.807. The van der Waals surface area contributed by atoms with E-state index >= 15 is 0 Å². The first-order valence-electron chi connectivity index (χ1n) is 4.64. The molecule has 0 saturated heterocycles. The van der Waals surface area contributed by atoms with E-state index in [1.54, 1.807) is 11.8 Å². The molecule has 0 spiro atoms. The molecule has 0 unspecified atom stereocenters. The molecule has 0 saturated carbocycles. The maximum Gasteiger partial charge on any atom is 0.304 e. The molecule has 0 amide bonds. The Balaban J connectivity index is 2.38. The molecule has 1 N–H and O–H groups in total. The summed E-state index contributed by atoms with van der Waals surface area (Å²) in [5.74, 6) is 0.747. The largest absolute Gasteiger partial charge is 0.481 e. The van der Waals surface area contributed by atoms with E-state index in [0.717, 1.165) is 16.3 Å². The van der Waals surface area contributed by atoms with Crippen molar-refractivity contribution in [3.05, 3.63) is 34.3 Å². The van der Waals surface area contributed by atoms with Crippen LogP contribution in [0.1, 0.15) is 17.5 Å². The van der Waals surface area contributed by atoms with Gasteiger partial charge in [0.1, 0.15) is 0 Å². The average molecular weight is 245 g/mol. The predicted molar refractivity (Wildman–Crippen MR) is 64.6 cm³/mol. The number of halogens is 1. The third kappa shape index (κ3) is 4.58. The summed E-state index contributed by atoms with van der Waals surface area (Å²) in [6, 6.07) is 5.89. The SMILES string of the molecule is Cc1cc(CSCCC(=O)O)ccc1Cl. The molecule has 0 heterocycles. The van der Waals surface area contributed by atoms with Crippen molar-refractivity contribution >= 4 is 29.3 Å². The molecule has 2 nitrogen and oxygen atoms in total. The zero-order valence-corrected chi connectivity index (χ0v) is 10.1. The van der Waals surface area contributed by atoms with E-state index in [1.165, 1.54) is 5.56 Å². The number of benzene rings is 1. The molecule has 4 heteroatoms. The summed E-state index contributed by atoms with van der Waals surface area (Å²) in [6.07, 6.45) is 0.219. The van der Waals surface area contributed by atoms with E-state index in [1.807, 2.05) is 25.1 Å². The summed E-state index contributed by atoms with van der Waals surface area (Å²) in [7, 11) is 0. The van der Waals surface area contributed by atoms with Crippen molar-refractivity contribution in [1.29, 1.82) is 0 Å². The van der Waals surface area contributed by atoms with Gasteiger partial charge in [-0.1, -0.05) is 23.7 Å². The normalized spacial score (nSPS) is 10.3. The van der Waals surface area contributed by atoms with Crippen LogP contribution in [0.25, 0.3) is 0 Å². The van der Waals surface area contributed by atoms with Crippen LogP contribution in [0, 0.1) is 6.92 Å². The molecule has 1 aromatic carbocycles. The summed E-state index contributed by atoms with van der Waals surface area (Å²) in [6.45, 7) is 1.97. The highest BCUT2D eigenvalue weighted by Gasteiger charge is 2.00. The van der Waals surface area contributed by atoms with Gasteiger partial charge in [0.25, 0.3) is 0 Å². The Kier molecular flexibility index (Phi) is 4.99. The summed E-state index contributed by atoms with van der Waals surface area (Å²) in [4.78, 5) is 10.3. The fourth-order valence-electron chi connectivity index (χ4n) is 1.15. The Morgan fingerprint density at radius 3 is 2.87 bits per heavy atom. The number of aryl methyl sites for hydroxylation is 1. The Morgan fingerprint density at radius 1 is 1.53 bits per heavy atom. The van der Waals surface area contributed by atoms with Crippen molar-refractivity contribution in [3.63, 3.8) is 0 Å². The molecule has 1 aromatic rings. The fourth-order valence-corrected chi connectivity index (χ4v) is 2.14. The zero-order chi connectivity index (χ0) is 11.3. The number of rotatable bonds is 5. The first-order valence-corrected chi connectivity index (χ1v) is 6.17. The topological polar surface area (TPSA) is 37.3 Å². The van der Waals surface area contributed by atoms with Crippen LogP contribution in [0.3, 0.4) is 0 Å². The van der Waals surface area contributed by atoms with E-state index < -0.39 is 5.97 Å². The molecule has 0 atom stereocenters. The van der Waals surface area contributed by atoms with Crippen molar-refractivity contribution < 1.29 is 9.90 Å². The second kappa shape index (κ2) is 6.03.